The molecule has 0 radical (unpaired) electrons. The third-order valence-electron chi connectivity index (χ3n) is 4.13. The molecule has 0 spiro atoms. The van der Waals surface area contributed by atoms with Crippen molar-refractivity contribution in [3.8, 4) is 11.5 Å². The van der Waals surface area contributed by atoms with E-state index >= 15 is 0 Å². The summed E-state index contributed by atoms with van der Waals surface area (Å²) in [7, 11) is 0. The number of thioether (sulfide) groups is 1. The Balaban J connectivity index is 1.67. The zero-order valence-corrected chi connectivity index (χ0v) is 19.3. The summed E-state index contributed by atoms with van der Waals surface area (Å²) >= 11 is 7.02. The maximum absolute atomic E-state index is 6.19. The second-order valence-electron chi connectivity index (χ2n) is 6.06. The van der Waals surface area contributed by atoms with E-state index in [4.69, 9.17) is 9.72 Å². The first-order valence-electron chi connectivity index (χ1n) is 8.52. The van der Waals surface area contributed by atoms with Crippen LogP contribution in [0, 0.1) is 0 Å². The molecule has 27 heavy (non-hydrogen) atoms. The molecule has 0 aliphatic carbocycles. The van der Waals surface area contributed by atoms with Gasteiger partial charge in [0.1, 0.15) is 0 Å². The summed E-state index contributed by atoms with van der Waals surface area (Å²) < 4.78 is 7.41. The van der Waals surface area contributed by atoms with Crippen LogP contribution in [0.3, 0.4) is 0 Å². The van der Waals surface area contributed by atoms with E-state index in [-0.39, 0.29) is 0 Å². The van der Waals surface area contributed by atoms with Crippen LogP contribution < -0.4 is 9.64 Å². The minimum absolute atomic E-state index is 0.322. The van der Waals surface area contributed by atoms with E-state index in [1.54, 1.807) is 16.9 Å². The number of halogens is 1. The molecule has 0 fully saturated rings. The third kappa shape index (κ3) is 4.43. The van der Waals surface area contributed by atoms with Gasteiger partial charge in [0.2, 0.25) is 0 Å². The van der Waals surface area contributed by atoms with Gasteiger partial charge >= 0.3 is 181 Å². The molecule has 136 valence electrons. The summed E-state index contributed by atoms with van der Waals surface area (Å²) in [5, 5.41) is 2.25. The first-order valence-corrected chi connectivity index (χ1v) is 11.7. The number of nitrogens with zero attached hydrogens (tertiary/aromatic N) is 2. The molecule has 1 aromatic heterocycles. The predicted octanol–water partition coefficient (Wildman–Crippen LogP) is 5.19. The van der Waals surface area contributed by atoms with Crippen molar-refractivity contribution in [2.24, 2.45) is 0 Å². The first kappa shape index (κ1) is 18.7. The van der Waals surface area contributed by atoms with Gasteiger partial charge in [0.15, 0.2) is 0 Å². The maximum atomic E-state index is 6.19. The third-order valence-corrected chi connectivity index (χ3v) is 7.08. The molecule has 3 nitrogen and oxygen atoms in total. The van der Waals surface area contributed by atoms with Crippen LogP contribution in [-0.2, 0) is 6.42 Å². The number of para-hydroxylation sites is 1. The molecule has 2 unspecified atom stereocenters. The topological polar surface area (TPSA) is 25.4 Å². The van der Waals surface area contributed by atoms with Gasteiger partial charge in [0.25, 0.3) is 0 Å². The van der Waals surface area contributed by atoms with E-state index in [0.717, 1.165) is 28.2 Å². The quantitative estimate of drug-likeness (QED) is 0.450. The second-order valence-corrected chi connectivity index (χ2v) is 10.3. The molecule has 0 saturated heterocycles. The van der Waals surface area contributed by atoms with Crippen LogP contribution in [0.4, 0.5) is 5.82 Å². The fraction of sp³-hybridized carbons (Fsp3) is 0.0952. The summed E-state index contributed by atoms with van der Waals surface area (Å²) in [6.45, 7) is 0. The monoisotopic (exact) mass is 500 g/mol. The van der Waals surface area contributed by atoms with Gasteiger partial charge in [-0.05, 0) is 0 Å². The Hall–Kier alpha value is -1.68. The summed E-state index contributed by atoms with van der Waals surface area (Å²) in [5.74, 6) is 2.40. The van der Waals surface area contributed by atoms with Gasteiger partial charge in [0, 0.05) is 0 Å². The number of aromatic nitrogens is 1. The Bertz CT molecular complexity index is 953. The molecule has 1 aliphatic rings. The summed E-state index contributed by atoms with van der Waals surface area (Å²) in [4.78, 5) is 7.00. The molecule has 0 bridgehead atoms. The molecule has 0 amide bonds. The van der Waals surface area contributed by atoms with Crippen LogP contribution in [0.1, 0.15) is 5.56 Å². The fourth-order valence-electron chi connectivity index (χ4n) is 2.90. The van der Waals surface area contributed by atoms with Crippen molar-refractivity contribution < 1.29 is 4.74 Å². The van der Waals surface area contributed by atoms with E-state index in [0.29, 0.717) is 4.16 Å². The van der Waals surface area contributed by atoms with Crippen molar-refractivity contribution in [1.29, 1.82) is 0 Å². The Morgan fingerprint density at radius 3 is 2.52 bits per heavy atom. The number of rotatable bonds is 5. The van der Waals surface area contributed by atoms with Crippen LogP contribution in [0.25, 0.3) is 0 Å². The standard InChI is InChI=1S/C21H18AsBrN2OS/c22-21-25(17(14-27-21)11-15-7-3-1-4-8-15)20-19(12-16(23)13-24-20)26-18-9-5-2-6-10-18/h1-10,12-14,21H,11,22H2. The fourth-order valence-corrected chi connectivity index (χ4v) is 5.26. The number of benzene rings is 2. The summed E-state index contributed by atoms with van der Waals surface area (Å²) in [6, 6.07) is 22.4. The average molecular weight is 501 g/mol. The number of hydrogen-bond donors (Lipinski definition) is 0. The molecule has 4 rings (SSSR count). The number of allylic oxidation sites excluding steroid dienone is 1. The SMILES string of the molecule is [AsH2]C1SC=C(Cc2ccccc2)N1c1ncc(Br)cc1Oc1ccccc1. The molecule has 6 heteroatoms. The predicted molar refractivity (Wildman–Crippen MR) is 119 cm³/mol. The summed E-state index contributed by atoms with van der Waals surface area (Å²) in [6.07, 6.45) is 2.70. The van der Waals surface area contributed by atoms with Crippen molar-refractivity contribution in [2.45, 2.75) is 10.6 Å². The molecule has 3 aromatic rings. The summed E-state index contributed by atoms with van der Waals surface area (Å²) in [5.41, 5.74) is 2.53. The molecule has 0 N–H and O–H groups in total. The van der Waals surface area contributed by atoms with E-state index in [9.17, 15) is 0 Å². The molecule has 2 heterocycles. The Labute approximate surface area is 180 Å². The van der Waals surface area contributed by atoms with E-state index < -0.39 is 0 Å². The number of anilines is 1. The Morgan fingerprint density at radius 1 is 1.07 bits per heavy atom. The van der Waals surface area contributed by atoms with Crippen molar-refractivity contribution in [3.05, 3.63) is 94.1 Å². The molecule has 2 atom stereocenters. The second kappa shape index (κ2) is 8.55. The van der Waals surface area contributed by atoms with Gasteiger partial charge in [-0.2, -0.15) is 0 Å². The molecular formula is C21H18AsBrN2OS. The zero-order chi connectivity index (χ0) is 18.6. The Kier molecular flexibility index (Phi) is 5.91. The van der Waals surface area contributed by atoms with Crippen molar-refractivity contribution in [3.63, 3.8) is 0 Å². The van der Waals surface area contributed by atoms with Crippen molar-refractivity contribution >= 4 is 50.4 Å². The van der Waals surface area contributed by atoms with Crippen molar-refractivity contribution in [1.82, 2.24) is 4.98 Å². The first-order chi connectivity index (χ1) is 13.2. The van der Waals surface area contributed by atoms with Gasteiger partial charge in [-0.1, -0.05) is 0 Å². The van der Waals surface area contributed by atoms with Gasteiger partial charge in [-0.15, -0.1) is 0 Å². The normalized spacial score (nSPS) is 16.3. The van der Waals surface area contributed by atoms with Gasteiger partial charge in [-0.25, -0.2) is 0 Å². The minimum atomic E-state index is 0.322. The Morgan fingerprint density at radius 2 is 1.78 bits per heavy atom. The van der Waals surface area contributed by atoms with Gasteiger partial charge in [-0.3, -0.25) is 0 Å². The van der Waals surface area contributed by atoms with Crippen LogP contribution in [0.2, 0.25) is 0 Å². The molecular weight excluding hydrogens is 483 g/mol. The van der Waals surface area contributed by atoms with E-state index in [1.807, 2.05) is 60.4 Å². The number of pyridine rings is 1. The van der Waals surface area contributed by atoms with Crippen LogP contribution >= 0.6 is 27.7 Å². The van der Waals surface area contributed by atoms with E-state index in [2.05, 4.69) is 50.5 Å². The molecule has 2 aromatic carbocycles. The van der Waals surface area contributed by atoms with Gasteiger partial charge in [0.05, 0.1) is 0 Å². The van der Waals surface area contributed by atoms with Crippen LogP contribution in [-0.4, -0.2) is 26.0 Å². The van der Waals surface area contributed by atoms with Crippen LogP contribution in [0.15, 0.2) is 88.5 Å². The van der Waals surface area contributed by atoms with Crippen LogP contribution in [0.5, 0.6) is 11.5 Å². The number of ether oxygens (including phenoxy) is 1. The van der Waals surface area contributed by atoms with Gasteiger partial charge < -0.3 is 0 Å². The molecule has 1 aliphatic heterocycles. The van der Waals surface area contributed by atoms with Crippen molar-refractivity contribution in [2.75, 3.05) is 4.90 Å². The number of hydrogen-bond acceptors (Lipinski definition) is 4. The average Bonchev–Trinajstić information content (AvgIpc) is 3.04. The molecule has 0 saturated carbocycles. The van der Waals surface area contributed by atoms with E-state index in [1.165, 1.54) is 11.3 Å². The zero-order valence-electron chi connectivity index (χ0n) is 14.5.